The molecule has 1 N–H and O–H groups in total. The van der Waals surface area contributed by atoms with Gasteiger partial charge in [0.05, 0.1) is 22.5 Å². The minimum atomic E-state index is 0.123. The fraction of sp³-hybridized carbons (Fsp3) is 0.471. The molecule has 2 unspecified atom stereocenters. The van der Waals surface area contributed by atoms with Crippen LogP contribution < -0.4 is 0 Å². The van der Waals surface area contributed by atoms with Gasteiger partial charge in [-0.2, -0.15) is 0 Å². The van der Waals surface area contributed by atoms with Crippen LogP contribution in [0, 0.1) is 11.8 Å². The third-order valence-electron chi connectivity index (χ3n) is 7.90. The van der Waals surface area contributed by atoms with Crippen LogP contribution in [0.1, 0.15) is 101 Å². The number of aldehydes is 1. The Morgan fingerprint density at radius 1 is 0.875 bits per heavy atom. The van der Waals surface area contributed by atoms with Crippen molar-refractivity contribution in [1.82, 2.24) is 4.57 Å². The number of carbonyl (C=O) groups excluding carboxylic acids is 1. The Morgan fingerprint density at radius 2 is 1.43 bits per heavy atom. The van der Waals surface area contributed by atoms with Crippen LogP contribution in [-0.4, -0.2) is 28.2 Å². The van der Waals surface area contributed by atoms with Gasteiger partial charge in [0.15, 0.2) is 6.29 Å². The lowest BCUT2D eigenvalue weighted by molar-refractivity contribution is 0.112. The van der Waals surface area contributed by atoms with Gasteiger partial charge in [-0.15, -0.1) is 0 Å². The number of unbranched alkanes of at least 4 members (excludes halogenated alkanes) is 2. The molecule has 0 aliphatic heterocycles. The van der Waals surface area contributed by atoms with Crippen LogP contribution in [0.5, 0.6) is 5.88 Å². The highest BCUT2D eigenvalue weighted by Gasteiger charge is 2.29. The number of halogens is 2. The van der Waals surface area contributed by atoms with Gasteiger partial charge in [0, 0.05) is 27.6 Å². The van der Waals surface area contributed by atoms with Crippen molar-refractivity contribution in [2.45, 2.75) is 85.6 Å². The van der Waals surface area contributed by atoms with Gasteiger partial charge < -0.3 is 9.67 Å². The average molecular weight is 673 g/mol. The summed E-state index contributed by atoms with van der Waals surface area (Å²) in [7, 11) is 0. The quantitative estimate of drug-likeness (QED) is 0.122. The van der Waals surface area contributed by atoms with Crippen LogP contribution in [0.15, 0.2) is 62.5 Å². The minimum absolute atomic E-state index is 0.123. The summed E-state index contributed by atoms with van der Waals surface area (Å²) in [5.74, 6) is 0.975. The largest absolute Gasteiger partial charge is 0.494 e. The molecule has 1 heterocycles. The molecule has 216 valence electrons. The maximum atomic E-state index is 12.9. The molecular weight excluding hydrogens is 628 g/mol. The molecular formula is C34H44Br2N2O2. The number of rotatable bonds is 16. The van der Waals surface area contributed by atoms with Gasteiger partial charge in [-0.1, -0.05) is 122 Å². The molecule has 2 atom stereocenters. The molecule has 6 heteroatoms. The number of hydrogen-bond donors (Lipinski definition) is 1. The highest BCUT2D eigenvalue weighted by atomic mass is 79.9. The predicted octanol–water partition coefficient (Wildman–Crippen LogP) is 10.5. The van der Waals surface area contributed by atoms with Crippen molar-refractivity contribution < 1.29 is 9.90 Å². The molecule has 0 saturated heterocycles. The lowest BCUT2D eigenvalue weighted by Crippen LogP contribution is -2.12. The first kappa shape index (κ1) is 32.3. The van der Waals surface area contributed by atoms with Crippen molar-refractivity contribution in [3.05, 3.63) is 74.2 Å². The highest BCUT2D eigenvalue weighted by Crippen LogP contribution is 2.39. The summed E-state index contributed by atoms with van der Waals surface area (Å²) in [6, 6.07) is 16.0. The van der Waals surface area contributed by atoms with Crippen LogP contribution in [0.2, 0.25) is 0 Å². The maximum absolute atomic E-state index is 12.9. The summed E-state index contributed by atoms with van der Waals surface area (Å²) >= 11 is 7.09. The standard InChI is InChI=1S/C34H44Br2N2O2/c1-5-9-11-24(7-3)21-37-32(26-13-17-28(35)18-14-26)31-30(23-39)33(27-15-19-29(36)20-16-27)38(34(31)40)22-25(8-4)12-10-6-2/h13-20,23-25,40H,5-12,21-22H2,1-4H3. The third-order valence-corrected chi connectivity index (χ3v) is 8.96. The predicted molar refractivity (Wildman–Crippen MR) is 176 cm³/mol. The molecule has 0 aliphatic carbocycles. The zero-order valence-corrected chi connectivity index (χ0v) is 27.6. The summed E-state index contributed by atoms with van der Waals surface area (Å²) in [5, 5.41) is 12.0. The van der Waals surface area contributed by atoms with Crippen molar-refractivity contribution in [2.24, 2.45) is 16.8 Å². The van der Waals surface area contributed by atoms with E-state index in [1.54, 1.807) is 0 Å². The second-order valence-electron chi connectivity index (χ2n) is 10.7. The zero-order valence-electron chi connectivity index (χ0n) is 24.4. The lowest BCUT2D eigenvalue weighted by atomic mass is 9.96. The van der Waals surface area contributed by atoms with Gasteiger partial charge in [0.25, 0.3) is 0 Å². The minimum Gasteiger partial charge on any atom is -0.494 e. The number of aromatic hydroxyl groups is 1. The number of carbonyl (C=O) groups is 1. The van der Waals surface area contributed by atoms with Crippen LogP contribution >= 0.6 is 31.9 Å². The van der Waals surface area contributed by atoms with Gasteiger partial charge >= 0.3 is 0 Å². The first-order chi connectivity index (χ1) is 19.4. The van der Waals surface area contributed by atoms with Crippen molar-refractivity contribution in [2.75, 3.05) is 6.54 Å². The van der Waals surface area contributed by atoms with E-state index < -0.39 is 0 Å². The normalized spacial score (nSPS) is 13.4. The van der Waals surface area contributed by atoms with Crippen molar-refractivity contribution >= 4 is 43.9 Å². The van der Waals surface area contributed by atoms with Gasteiger partial charge in [0.1, 0.15) is 0 Å². The molecule has 40 heavy (non-hydrogen) atoms. The second kappa shape index (κ2) is 16.3. The molecule has 1 aromatic heterocycles. The Hall–Kier alpha value is -2.18. The van der Waals surface area contributed by atoms with E-state index in [1.807, 2.05) is 53.1 Å². The molecule has 0 fully saturated rings. The smallest absolute Gasteiger partial charge is 0.201 e. The fourth-order valence-corrected chi connectivity index (χ4v) is 5.83. The molecule has 3 rings (SSSR count). The molecule has 3 aromatic rings. The lowest BCUT2D eigenvalue weighted by Gasteiger charge is -2.19. The van der Waals surface area contributed by atoms with Gasteiger partial charge in [-0.3, -0.25) is 9.79 Å². The number of benzene rings is 2. The number of aromatic nitrogens is 1. The number of hydrogen-bond acceptors (Lipinski definition) is 3. The third kappa shape index (κ3) is 8.19. The Kier molecular flexibility index (Phi) is 13.2. The summed E-state index contributed by atoms with van der Waals surface area (Å²) in [6.45, 7) is 10.2. The first-order valence-electron chi connectivity index (χ1n) is 14.8. The molecule has 0 radical (unpaired) electrons. The summed E-state index contributed by atoms with van der Waals surface area (Å²) < 4.78 is 3.91. The van der Waals surface area contributed by atoms with Crippen LogP contribution in [0.3, 0.4) is 0 Å². The first-order valence-corrected chi connectivity index (χ1v) is 16.4. The number of aliphatic imine (C=N–C) groups is 1. The summed E-state index contributed by atoms with van der Waals surface area (Å²) in [4.78, 5) is 18.1. The Bertz CT molecular complexity index is 1250. The van der Waals surface area contributed by atoms with E-state index in [0.29, 0.717) is 41.8 Å². The second-order valence-corrected chi connectivity index (χ2v) is 12.6. The Balaban J connectivity index is 2.26. The highest BCUT2D eigenvalue weighted by molar-refractivity contribution is 9.10. The Labute approximate surface area is 257 Å². The maximum Gasteiger partial charge on any atom is 0.201 e. The van der Waals surface area contributed by atoms with E-state index in [1.165, 1.54) is 6.42 Å². The van der Waals surface area contributed by atoms with Crippen LogP contribution in [-0.2, 0) is 6.54 Å². The van der Waals surface area contributed by atoms with Gasteiger partial charge in [-0.25, -0.2) is 0 Å². The van der Waals surface area contributed by atoms with Crippen LogP contribution in [0.4, 0.5) is 0 Å². The molecule has 0 amide bonds. The topological polar surface area (TPSA) is 54.6 Å². The van der Waals surface area contributed by atoms with Crippen LogP contribution in [0.25, 0.3) is 11.3 Å². The molecule has 0 saturated carbocycles. The Morgan fingerprint density at radius 3 is 1.95 bits per heavy atom. The molecule has 0 spiro atoms. The average Bonchev–Trinajstić information content (AvgIpc) is 3.24. The van der Waals surface area contributed by atoms with E-state index in [2.05, 4.69) is 59.6 Å². The van der Waals surface area contributed by atoms with E-state index in [4.69, 9.17) is 4.99 Å². The van der Waals surface area contributed by atoms with E-state index >= 15 is 0 Å². The van der Waals surface area contributed by atoms with Crippen molar-refractivity contribution in [3.8, 4) is 17.1 Å². The van der Waals surface area contributed by atoms with Gasteiger partial charge in [0.2, 0.25) is 5.88 Å². The van der Waals surface area contributed by atoms with E-state index in [9.17, 15) is 9.90 Å². The van der Waals surface area contributed by atoms with Crippen molar-refractivity contribution in [3.63, 3.8) is 0 Å². The molecule has 0 aliphatic rings. The molecule has 0 bridgehead atoms. The van der Waals surface area contributed by atoms with Crippen molar-refractivity contribution in [1.29, 1.82) is 0 Å². The molecule has 4 nitrogen and oxygen atoms in total. The number of nitrogens with zero attached hydrogens (tertiary/aromatic N) is 2. The van der Waals surface area contributed by atoms with E-state index in [0.717, 1.165) is 77.0 Å². The monoisotopic (exact) mass is 670 g/mol. The zero-order chi connectivity index (χ0) is 29.1. The summed E-state index contributed by atoms with van der Waals surface area (Å²) in [6.07, 6.45) is 9.77. The molecule has 2 aromatic carbocycles. The van der Waals surface area contributed by atoms with E-state index in [-0.39, 0.29) is 5.88 Å². The SMILES string of the molecule is CCCCC(CC)CN=C(c1ccc(Br)cc1)c1c(C=O)c(-c2ccc(Br)cc2)n(CC(CC)CCCC)c1O. The summed E-state index contributed by atoms with van der Waals surface area (Å²) in [5.41, 5.74) is 4.26. The van der Waals surface area contributed by atoms with Gasteiger partial charge in [-0.05, 0) is 54.5 Å². The fourth-order valence-electron chi connectivity index (χ4n) is 5.31.